The normalized spacial score (nSPS) is 20.2. The molecule has 2 heterocycles. The Morgan fingerprint density at radius 1 is 1.17 bits per heavy atom. The minimum atomic E-state index is -0.317. The van der Waals surface area contributed by atoms with Crippen LogP contribution in [0.1, 0.15) is 5.56 Å². The van der Waals surface area contributed by atoms with Gasteiger partial charge in [-0.05, 0) is 29.5 Å². The Morgan fingerprint density at radius 3 is 2.50 bits per heavy atom. The number of carbonyl (C=O) groups excluding carboxylic acids is 2. The van der Waals surface area contributed by atoms with Gasteiger partial charge in [-0.15, -0.1) is 12.4 Å². The van der Waals surface area contributed by atoms with Crippen molar-refractivity contribution in [3.63, 3.8) is 0 Å². The number of anilines is 1. The number of hydrogen-bond donors (Lipinski definition) is 2. The number of benzene rings is 1. The molecule has 0 aromatic heterocycles. The van der Waals surface area contributed by atoms with Crippen LogP contribution < -0.4 is 16.0 Å². The number of carbonyl (C=O) groups is 2. The lowest BCUT2D eigenvalue weighted by Gasteiger charge is -2.36. The van der Waals surface area contributed by atoms with Crippen LogP contribution in [0.4, 0.5) is 10.5 Å². The van der Waals surface area contributed by atoms with Gasteiger partial charge in [0.15, 0.2) is 0 Å². The summed E-state index contributed by atoms with van der Waals surface area (Å²) < 4.78 is 0. The van der Waals surface area contributed by atoms with Gasteiger partial charge in [-0.1, -0.05) is 18.2 Å². The van der Waals surface area contributed by atoms with E-state index in [2.05, 4.69) is 21.2 Å². The van der Waals surface area contributed by atoms with E-state index in [1.54, 1.807) is 6.08 Å². The molecule has 0 bridgehead atoms. The molecule has 2 fully saturated rings. The number of piperazine rings is 1. The highest BCUT2D eigenvalue weighted by Crippen LogP contribution is 2.30. The highest BCUT2D eigenvalue weighted by molar-refractivity contribution is 8.18. The van der Waals surface area contributed by atoms with Gasteiger partial charge in [-0.2, -0.15) is 0 Å². The summed E-state index contributed by atoms with van der Waals surface area (Å²) in [5.74, 6) is -0.317. The van der Waals surface area contributed by atoms with Crippen molar-refractivity contribution in [3.05, 3.63) is 34.7 Å². The first-order chi connectivity index (χ1) is 11.2. The first-order valence-corrected chi connectivity index (χ1v) is 8.50. The van der Waals surface area contributed by atoms with Gasteiger partial charge in [-0.25, -0.2) is 0 Å². The quantitative estimate of drug-likeness (QED) is 0.784. The molecule has 130 valence electrons. The highest BCUT2D eigenvalue weighted by Gasteiger charge is 2.26. The van der Waals surface area contributed by atoms with E-state index in [-0.39, 0.29) is 23.6 Å². The molecule has 3 N–H and O–H groups in total. The zero-order chi connectivity index (χ0) is 16.2. The lowest BCUT2D eigenvalue weighted by molar-refractivity contribution is -0.115. The average Bonchev–Trinajstić information content (AvgIpc) is 2.87. The van der Waals surface area contributed by atoms with Gasteiger partial charge in [0.05, 0.1) is 4.91 Å². The minimum absolute atomic E-state index is 0. The van der Waals surface area contributed by atoms with E-state index in [1.165, 1.54) is 0 Å². The summed E-state index contributed by atoms with van der Waals surface area (Å²) in [5, 5.41) is 1.98. The lowest BCUT2D eigenvalue weighted by Crippen LogP contribution is -2.47. The molecule has 2 amide bonds. The number of thioether (sulfide) groups is 1. The zero-order valence-corrected chi connectivity index (χ0v) is 14.9. The summed E-state index contributed by atoms with van der Waals surface area (Å²) in [5.41, 5.74) is 7.68. The molecule has 2 aliphatic heterocycles. The third-order valence-electron chi connectivity index (χ3n) is 4.02. The van der Waals surface area contributed by atoms with Gasteiger partial charge in [0.1, 0.15) is 0 Å². The first-order valence-electron chi connectivity index (χ1n) is 7.68. The number of amides is 2. The summed E-state index contributed by atoms with van der Waals surface area (Å²) in [7, 11) is 0. The molecule has 0 saturated carbocycles. The molecular formula is C16H21ClN4O2S. The molecule has 1 aromatic rings. The molecule has 8 heteroatoms. The number of para-hydroxylation sites is 1. The van der Waals surface area contributed by atoms with Crippen LogP contribution >= 0.6 is 24.2 Å². The molecule has 2 aliphatic rings. The van der Waals surface area contributed by atoms with Crippen molar-refractivity contribution < 1.29 is 9.59 Å². The van der Waals surface area contributed by atoms with Crippen LogP contribution in [0.15, 0.2) is 29.2 Å². The summed E-state index contributed by atoms with van der Waals surface area (Å²) in [6.45, 7) is 5.43. The third kappa shape index (κ3) is 4.30. The molecule has 2 saturated heterocycles. The fourth-order valence-corrected chi connectivity index (χ4v) is 3.53. The zero-order valence-electron chi connectivity index (χ0n) is 13.2. The summed E-state index contributed by atoms with van der Waals surface area (Å²) in [6, 6.07) is 7.98. The van der Waals surface area contributed by atoms with Crippen LogP contribution in [0.3, 0.4) is 0 Å². The second-order valence-corrected chi connectivity index (χ2v) is 6.54. The highest BCUT2D eigenvalue weighted by atomic mass is 35.5. The topological polar surface area (TPSA) is 78.7 Å². The summed E-state index contributed by atoms with van der Waals surface area (Å²) in [4.78, 5) is 28.2. The van der Waals surface area contributed by atoms with Crippen molar-refractivity contribution in [2.45, 2.75) is 0 Å². The van der Waals surface area contributed by atoms with Crippen molar-refractivity contribution in [1.82, 2.24) is 10.2 Å². The van der Waals surface area contributed by atoms with Gasteiger partial charge < -0.3 is 10.6 Å². The second-order valence-electron chi connectivity index (χ2n) is 5.53. The Hall–Kier alpha value is -1.54. The van der Waals surface area contributed by atoms with Crippen molar-refractivity contribution in [1.29, 1.82) is 0 Å². The molecule has 0 radical (unpaired) electrons. The maximum Gasteiger partial charge on any atom is 0.290 e. The predicted octanol–water partition coefficient (Wildman–Crippen LogP) is 1.51. The Bertz CT molecular complexity index is 645. The number of nitrogens with one attached hydrogen (secondary N) is 1. The smallest absolute Gasteiger partial charge is 0.290 e. The van der Waals surface area contributed by atoms with Crippen molar-refractivity contribution in [2.75, 3.05) is 44.2 Å². The molecule has 3 rings (SSSR count). The van der Waals surface area contributed by atoms with Crippen LogP contribution in [0, 0.1) is 0 Å². The molecule has 1 aromatic carbocycles. The van der Waals surface area contributed by atoms with Crippen LogP contribution in [0.5, 0.6) is 0 Å². The van der Waals surface area contributed by atoms with E-state index in [0.29, 0.717) is 11.4 Å². The van der Waals surface area contributed by atoms with Gasteiger partial charge in [-0.3, -0.25) is 19.8 Å². The molecule has 0 aliphatic carbocycles. The molecule has 24 heavy (non-hydrogen) atoms. The maximum absolute atomic E-state index is 11.7. The molecule has 0 unspecified atom stereocenters. The number of rotatable bonds is 4. The monoisotopic (exact) mass is 368 g/mol. The standard InChI is InChI=1S/C16H20N4O2S.ClH/c17-5-6-19-7-9-20(10-8-19)13-4-2-1-3-12(13)11-14-15(21)18-16(22)23-14;/h1-4,11H,5-10,17H2,(H,18,21,22);1H. The Morgan fingerprint density at radius 2 is 1.88 bits per heavy atom. The third-order valence-corrected chi connectivity index (χ3v) is 4.83. The van der Waals surface area contributed by atoms with Crippen LogP contribution in [0.2, 0.25) is 0 Å². The average molecular weight is 369 g/mol. The molecule has 0 atom stereocenters. The van der Waals surface area contributed by atoms with Gasteiger partial charge in [0.2, 0.25) is 0 Å². The van der Waals surface area contributed by atoms with E-state index in [1.807, 2.05) is 18.2 Å². The van der Waals surface area contributed by atoms with E-state index < -0.39 is 0 Å². The largest absolute Gasteiger partial charge is 0.368 e. The van der Waals surface area contributed by atoms with E-state index >= 15 is 0 Å². The van der Waals surface area contributed by atoms with Gasteiger partial charge in [0.25, 0.3) is 11.1 Å². The Balaban J connectivity index is 0.00000208. The van der Waals surface area contributed by atoms with E-state index in [0.717, 1.165) is 55.7 Å². The maximum atomic E-state index is 11.7. The van der Waals surface area contributed by atoms with Gasteiger partial charge in [0, 0.05) is 45.0 Å². The Kier molecular flexibility index (Phi) is 6.68. The lowest BCUT2D eigenvalue weighted by atomic mass is 10.1. The number of nitrogens with two attached hydrogens (primary N) is 1. The van der Waals surface area contributed by atoms with Crippen molar-refractivity contribution in [2.24, 2.45) is 5.73 Å². The SMILES string of the molecule is Cl.NCCN1CCN(c2ccccc2C=C2SC(=O)NC2=O)CC1. The minimum Gasteiger partial charge on any atom is -0.368 e. The van der Waals surface area contributed by atoms with Crippen molar-refractivity contribution in [3.8, 4) is 0 Å². The molecule has 0 spiro atoms. The second kappa shape index (κ2) is 8.53. The summed E-state index contributed by atoms with van der Waals surface area (Å²) in [6.07, 6.45) is 1.80. The van der Waals surface area contributed by atoms with Crippen LogP contribution in [-0.2, 0) is 4.79 Å². The number of nitrogens with zero attached hydrogens (tertiary/aromatic N) is 2. The predicted molar refractivity (Wildman–Crippen MR) is 101 cm³/mol. The van der Waals surface area contributed by atoms with E-state index in [4.69, 9.17) is 5.73 Å². The number of imide groups is 1. The van der Waals surface area contributed by atoms with Crippen LogP contribution in [-0.4, -0.2) is 55.3 Å². The molecular weight excluding hydrogens is 348 g/mol. The number of hydrogen-bond acceptors (Lipinski definition) is 6. The summed E-state index contributed by atoms with van der Waals surface area (Å²) >= 11 is 0.952. The van der Waals surface area contributed by atoms with Crippen LogP contribution in [0.25, 0.3) is 6.08 Å². The number of halogens is 1. The molecule has 6 nitrogen and oxygen atoms in total. The Labute approximate surface area is 151 Å². The fraction of sp³-hybridized carbons (Fsp3) is 0.375. The van der Waals surface area contributed by atoms with E-state index in [9.17, 15) is 9.59 Å². The fourth-order valence-electron chi connectivity index (χ4n) is 2.85. The first kappa shape index (κ1) is 18.8. The van der Waals surface area contributed by atoms with Gasteiger partial charge >= 0.3 is 0 Å². The van der Waals surface area contributed by atoms with Crippen molar-refractivity contribution >= 4 is 47.1 Å².